The number of carbonyl (C=O) groups excluding carboxylic acids is 1. The van der Waals surface area contributed by atoms with Crippen molar-refractivity contribution in [3.8, 4) is 0 Å². The molecule has 1 aliphatic heterocycles. The van der Waals surface area contributed by atoms with Crippen LogP contribution in [0.15, 0.2) is 15.9 Å². The predicted octanol–water partition coefficient (Wildman–Crippen LogP) is 2.68. The van der Waals surface area contributed by atoms with Gasteiger partial charge in [0.2, 0.25) is 0 Å². The van der Waals surface area contributed by atoms with Gasteiger partial charge in [-0.2, -0.15) is 0 Å². The Hall–Kier alpha value is -0.390. The van der Waals surface area contributed by atoms with Crippen molar-refractivity contribution in [3.63, 3.8) is 0 Å². The van der Waals surface area contributed by atoms with Crippen LogP contribution < -0.4 is 0 Å². The van der Waals surface area contributed by atoms with Crippen molar-refractivity contribution in [2.45, 2.75) is 19.9 Å². The lowest BCUT2D eigenvalue weighted by atomic mass is 10.2. The van der Waals surface area contributed by atoms with E-state index in [1.807, 2.05) is 16.3 Å². The molecule has 0 aliphatic carbocycles. The normalized spacial score (nSPS) is 17.8. The van der Waals surface area contributed by atoms with Gasteiger partial charge >= 0.3 is 0 Å². The van der Waals surface area contributed by atoms with Gasteiger partial charge in [0.05, 0.1) is 0 Å². The molecule has 1 saturated heterocycles. The van der Waals surface area contributed by atoms with Crippen LogP contribution in [-0.2, 0) is 0 Å². The summed E-state index contributed by atoms with van der Waals surface area (Å²) in [6, 6.07) is 2.50. The molecule has 0 bridgehead atoms. The zero-order valence-electron chi connectivity index (χ0n) is 10.1. The maximum atomic E-state index is 12.2. The molecule has 1 aromatic heterocycles. The molecule has 1 fully saturated rings. The molecule has 5 heteroatoms. The number of thiophene rings is 1. The molecule has 2 heterocycles. The first-order valence-corrected chi connectivity index (χ1v) is 7.53. The number of piperazine rings is 1. The minimum atomic E-state index is 0.162. The maximum Gasteiger partial charge on any atom is 0.265 e. The van der Waals surface area contributed by atoms with Crippen LogP contribution in [0.25, 0.3) is 0 Å². The largest absolute Gasteiger partial charge is 0.335 e. The van der Waals surface area contributed by atoms with Crippen molar-refractivity contribution in [2.24, 2.45) is 0 Å². The minimum absolute atomic E-state index is 0.162. The highest BCUT2D eigenvalue weighted by atomic mass is 79.9. The van der Waals surface area contributed by atoms with E-state index in [4.69, 9.17) is 0 Å². The monoisotopic (exact) mass is 316 g/mol. The average Bonchev–Trinajstić information content (AvgIpc) is 2.74. The Morgan fingerprint density at radius 2 is 2.00 bits per heavy atom. The molecule has 0 unspecified atom stereocenters. The third kappa shape index (κ3) is 2.89. The highest BCUT2D eigenvalue weighted by Gasteiger charge is 2.24. The van der Waals surface area contributed by atoms with Crippen molar-refractivity contribution in [2.75, 3.05) is 26.2 Å². The molecule has 2 rings (SSSR count). The van der Waals surface area contributed by atoms with E-state index < -0.39 is 0 Å². The summed E-state index contributed by atoms with van der Waals surface area (Å²) in [6.07, 6.45) is 0. The van der Waals surface area contributed by atoms with E-state index >= 15 is 0 Å². The third-order valence-corrected chi connectivity index (χ3v) is 4.97. The van der Waals surface area contributed by atoms with Crippen molar-refractivity contribution in [1.29, 1.82) is 0 Å². The molecule has 1 aromatic rings. The Bertz CT molecular complexity index is 397. The molecule has 0 aromatic carbocycles. The molecule has 0 N–H and O–H groups in total. The first kappa shape index (κ1) is 13.1. The summed E-state index contributed by atoms with van der Waals surface area (Å²) in [5, 5.41) is 1.95. The molecule has 17 heavy (non-hydrogen) atoms. The lowest BCUT2D eigenvalue weighted by Crippen LogP contribution is -2.50. The summed E-state index contributed by atoms with van der Waals surface area (Å²) in [5.74, 6) is 0.162. The van der Waals surface area contributed by atoms with Gasteiger partial charge in [-0.3, -0.25) is 9.69 Å². The van der Waals surface area contributed by atoms with Gasteiger partial charge in [0.15, 0.2) is 0 Å². The van der Waals surface area contributed by atoms with Crippen LogP contribution in [0.4, 0.5) is 0 Å². The van der Waals surface area contributed by atoms with Crippen LogP contribution in [0, 0.1) is 0 Å². The number of nitrogens with zero attached hydrogens (tertiary/aromatic N) is 2. The summed E-state index contributed by atoms with van der Waals surface area (Å²) in [5.41, 5.74) is 0. The van der Waals surface area contributed by atoms with Gasteiger partial charge in [-0.1, -0.05) is 0 Å². The molecule has 1 amide bonds. The van der Waals surface area contributed by atoms with Crippen LogP contribution in [0.1, 0.15) is 23.5 Å². The Morgan fingerprint density at radius 3 is 2.47 bits per heavy atom. The zero-order chi connectivity index (χ0) is 12.4. The highest BCUT2D eigenvalue weighted by Crippen LogP contribution is 2.24. The molecular formula is C12H17BrN2OS. The van der Waals surface area contributed by atoms with E-state index in [0.29, 0.717) is 6.04 Å². The number of halogens is 1. The van der Waals surface area contributed by atoms with Gasteiger partial charge in [-0.25, -0.2) is 0 Å². The molecule has 94 valence electrons. The number of rotatable bonds is 2. The van der Waals surface area contributed by atoms with Crippen molar-refractivity contribution >= 4 is 33.2 Å². The fourth-order valence-electron chi connectivity index (χ4n) is 2.03. The molecular weight excluding hydrogens is 300 g/mol. The quantitative estimate of drug-likeness (QED) is 0.837. The van der Waals surface area contributed by atoms with E-state index in [1.54, 1.807) is 0 Å². The second-order valence-corrected chi connectivity index (χ2v) is 6.29. The Balaban J connectivity index is 1.98. The summed E-state index contributed by atoms with van der Waals surface area (Å²) in [7, 11) is 0. The highest BCUT2D eigenvalue weighted by molar-refractivity contribution is 9.10. The summed E-state index contributed by atoms with van der Waals surface area (Å²) in [6.45, 7) is 8.03. The Labute approximate surface area is 115 Å². The van der Waals surface area contributed by atoms with Crippen LogP contribution in [0.2, 0.25) is 0 Å². The van der Waals surface area contributed by atoms with Crippen molar-refractivity contribution < 1.29 is 4.79 Å². The molecule has 0 spiro atoms. The summed E-state index contributed by atoms with van der Waals surface area (Å²) >= 11 is 4.93. The molecule has 0 atom stereocenters. The Morgan fingerprint density at radius 1 is 1.35 bits per heavy atom. The SMILES string of the molecule is CC(C)N1CCN(C(=O)c2sccc2Br)CC1. The Kier molecular flexibility index (Phi) is 4.22. The summed E-state index contributed by atoms with van der Waals surface area (Å²) in [4.78, 5) is 17.4. The zero-order valence-corrected chi connectivity index (χ0v) is 12.6. The smallest absolute Gasteiger partial charge is 0.265 e. The molecule has 3 nitrogen and oxygen atoms in total. The maximum absolute atomic E-state index is 12.2. The second kappa shape index (κ2) is 5.50. The van der Waals surface area contributed by atoms with E-state index in [1.165, 1.54) is 11.3 Å². The van der Waals surface area contributed by atoms with Gasteiger partial charge in [-0.15, -0.1) is 11.3 Å². The number of hydrogen-bond acceptors (Lipinski definition) is 3. The lowest BCUT2D eigenvalue weighted by Gasteiger charge is -2.36. The fraction of sp³-hybridized carbons (Fsp3) is 0.583. The fourth-order valence-corrected chi connectivity index (χ4v) is 3.54. The lowest BCUT2D eigenvalue weighted by molar-refractivity contribution is 0.0599. The first-order chi connectivity index (χ1) is 8.09. The van der Waals surface area contributed by atoms with Crippen LogP contribution in [-0.4, -0.2) is 47.9 Å². The van der Waals surface area contributed by atoms with Gasteiger partial charge in [0.1, 0.15) is 4.88 Å². The standard InChI is InChI=1S/C12H17BrN2OS/c1-9(2)14-4-6-15(7-5-14)12(16)11-10(13)3-8-17-11/h3,8-9H,4-7H2,1-2H3. The van der Waals surface area contributed by atoms with Crippen molar-refractivity contribution in [1.82, 2.24) is 9.80 Å². The van der Waals surface area contributed by atoms with Crippen molar-refractivity contribution in [3.05, 3.63) is 20.8 Å². The number of hydrogen-bond donors (Lipinski definition) is 0. The predicted molar refractivity (Wildman–Crippen MR) is 74.6 cm³/mol. The topological polar surface area (TPSA) is 23.6 Å². The van der Waals surface area contributed by atoms with Gasteiger partial charge < -0.3 is 4.90 Å². The van der Waals surface area contributed by atoms with E-state index in [-0.39, 0.29) is 5.91 Å². The van der Waals surface area contributed by atoms with Gasteiger partial charge in [-0.05, 0) is 41.2 Å². The van der Waals surface area contributed by atoms with Crippen LogP contribution in [0.3, 0.4) is 0 Å². The summed E-state index contributed by atoms with van der Waals surface area (Å²) < 4.78 is 0.916. The van der Waals surface area contributed by atoms with Crippen LogP contribution >= 0.6 is 27.3 Å². The number of carbonyl (C=O) groups is 1. The van der Waals surface area contributed by atoms with E-state index in [2.05, 4.69) is 34.7 Å². The van der Waals surface area contributed by atoms with Gasteiger partial charge in [0.25, 0.3) is 5.91 Å². The molecule has 0 radical (unpaired) electrons. The van der Waals surface area contributed by atoms with Gasteiger partial charge in [0, 0.05) is 36.7 Å². The van der Waals surface area contributed by atoms with E-state index in [9.17, 15) is 4.79 Å². The van der Waals surface area contributed by atoms with Crippen LogP contribution in [0.5, 0.6) is 0 Å². The minimum Gasteiger partial charge on any atom is -0.335 e. The average molecular weight is 317 g/mol. The third-order valence-electron chi connectivity index (χ3n) is 3.14. The second-order valence-electron chi connectivity index (χ2n) is 4.52. The first-order valence-electron chi connectivity index (χ1n) is 5.86. The number of amides is 1. The molecule has 0 saturated carbocycles. The molecule has 1 aliphatic rings. The van der Waals surface area contributed by atoms with E-state index in [0.717, 1.165) is 35.5 Å².